The summed E-state index contributed by atoms with van der Waals surface area (Å²) < 4.78 is 14.4. The Balaban J connectivity index is 2.23. The molecule has 1 aromatic heterocycles. The predicted octanol–water partition coefficient (Wildman–Crippen LogP) is 0.306. The van der Waals surface area contributed by atoms with Crippen molar-refractivity contribution in [2.45, 2.75) is 38.9 Å². The molecule has 1 saturated heterocycles. The minimum atomic E-state index is -0.241. The molecule has 5 heteroatoms. The van der Waals surface area contributed by atoms with Crippen molar-refractivity contribution < 1.29 is 9.31 Å². The van der Waals surface area contributed by atoms with Crippen LogP contribution < -0.4 is 9.55 Å². The fraction of sp³-hybridized carbons (Fsp3) is 0.600. The standard InChI is InChI=1S/C10H16B2O2S/c1-9(2)10(3,4)14-12(13-9)8-6-5-7(11)15-8/h5-6H,11H2,1-4H3. The highest BCUT2D eigenvalue weighted by Crippen LogP contribution is 2.36. The van der Waals surface area contributed by atoms with Crippen molar-refractivity contribution in [1.29, 1.82) is 0 Å². The van der Waals surface area contributed by atoms with Crippen LogP contribution in [0.4, 0.5) is 0 Å². The summed E-state index contributed by atoms with van der Waals surface area (Å²) in [5, 5.41) is 0. The number of thiophene rings is 1. The summed E-state index contributed by atoms with van der Waals surface area (Å²) in [6.45, 7) is 8.31. The van der Waals surface area contributed by atoms with Crippen LogP contribution in [0, 0.1) is 0 Å². The second kappa shape index (κ2) is 3.37. The van der Waals surface area contributed by atoms with E-state index in [2.05, 4.69) is 47.7 Å². The molecule has 80 valence electrons. The lowest BCUT2D eigenvalue weighted by Gasteiger charge is -2.32. The molecule has 1 aromatic rings. The van der Waals surface area contributed by atoms with Crippen molar-refractivity contribution in [3.8, 4) is 0 Å². The zero-order chi connectivity index (χ0) is 11.3. The molecule has 0 amide bonds. The third-order valence-corrected chi connectivity index (χ3v) is 4.27. The zero-order valence-electron chi connectivity index (χ0n) is 9.96. The van der Waals surface area contributed by atoms with Crippen molar-refractivity contribution in [3.05, 3.63) is 12.1 Å². The van der Waals surface area contributed by atoms with Crippen LogP contribution in [0.2, 0.25) is 0 Å². The molecule has 2 nitrogen and oxygen atoms in total. The molecule has 0 radical (unpaired) electrons. The molecule has 1 aliphatic heterocycles. The highest BCUT2D eigenvalue weighted by Gasteiger charge is 2.52. The van der Waals surface area contributed by atoms with Crippen LogP contribution in [-0.2, 0) is 9.31 Å². The van der Waals surface area contributed by atoms with E-state index in [1.165, 1.54) is 4.78 Å². The first kappa shape index (κ1) is 11.2. The molecule has 1 aliphatic rings. The summed E-state index contributed by atoms with van der Waals surface area (Å²) in [6.07, 6.45) is 0. The largest absolute Gasteiger partial charge is 0.505 e. The summed E-state index contributed by atoms with van der Waals surface area (Å²) in [4.78, 5) is 0. The third kappa shape index (κ3) is 1.88. The zero-order valence-corrected chi connectivity index (χ0v) is 10.8. The maximum atomic E-state index is 5.95. The predicted molar refractivity (Wildman–Crippen MR) is 68.2 cm³/mol. The van der Waals surface area contributed by atoms with E-state index < -0.39 is 0 Å². The van der Waals surface area contributed by atoms with Gasteiger partial charge < -0.3 is 9.31 Å². The van der Waals surface area contributed by atoms with E-state index in [-0.39, 0.29) is 18.3 Å². The minimum absolute atomic E-state index is 0.200. The summed E-state index contributed by atoms with van der Waals surface area (Å²) in [5.41, 5.74) is -0.481. The number of hydrogen-bond donors (Lipinski definition) is 0. The molecule has 0 N–H and O–H groups in total. The Hall–Kier alpha value is -0.250. The second-order valence-corrected chi connectivity index (χ2v) is 6.36. The molecule has 1 fully saturated rings. The average Bonchev–Trinajstić information content (AvgIpc) is 2.56. The average molecular weight is 222 g/mol. The molecule has 0 bridgehead atoms. The molecule has 2 rings (SSSR count). The van der Waals surface area contributed by atoms with Gasteiger partial charge >= 0.3 is 7.12 Å². The number of rotatable bonds is 1. The molecule has 0 aromatic carbocycles. The van der Waals surface area contributed by atoms with Crippen LogP contribution in [0.3, 0.4) is 0 Å². The van der Waals surface area contributed by atoms with Crippen LogP contribution >= 0.6 is 11.3 Å². The van der Waals surface area contributed by atoms with Crippen molar-refractivity contribution in [1.82, 2.24) is 0 Å². The molecular formula is C10H16B2O2S. The van der Waals surface area contributed by atoms with Crippen molar-refractivity contribution in [2.24, 2.45) is 0 Å². The summed E-state index contributed by atoms with van der Waals surface area (Å²) in [5.74, 6) is 0. The van der Waals surface area contributed by atoms with Gasteiger partial charge in [0.25, 0.3) is 0 Å². The number of hydrogen-bond acceptors (Lipinski definition) is 3. The van der Waals surface area contributed by atoms with Gasteiger partial charge in [0.1, 0.15) is 0 Å². The Bertz CT molecular complexity index is 357. The molecule has 0 aliphatic carbocycles. The van der Waals surface area contributed by atoms with Gasteiger partial charge in [-0.3, -0.25) is 0 Å². The van der Waals surface area contributed by atoms with Crippen LogP contribution in [0.5, 0.6) is 0 Å². The van der Waals surface area contributed by atoms with E-state index in [9.17, 15) is 0 Å². The highest BCUT2D eigenvalue weighted by atomic mass is 32.1. The van der Waals surface area contributed by atoms with E-state index in [0.717, 1.165) is 4.78 Å². The Labute approximate surface area is 96.5 Å². The fourth-order valence-corrected chi connectivity index (χ4v) is 2.38. The molecule has 0 atom stereocenters. The van der Waals surface area contributed by atoms with Gasteiger partial charge in [-0.05, 0) is 32.5 Å². The lowest BCUT2D eigenvalue weighted by molar-refractivity contribution is 0.00578. The third-order valence-electron chi connectivity index (χ3n) is 3.25. The smallest absolute Gasteiger partial charge is 0.399 e. The van der Waals surface area contributed by atoms with E-state index >= 15 is 0 Å². The quantitative estimate of drug-likeness (QED) is 0.636. The molecular weight excluding hydrogens is 206 g/mol. The Morgan fingerprint density at radius 1 is 1.13 bits per heavy atom. The van der Waals surface area contributed by atoms with Crippen LogP contribution in [0.25, 0.3) is 0 Å². The van der Waals surface area contributed by atoms with Gasteiger partial charge in [0.15, 0.2) is 7.85 Å². The van der Waals surface area contributed by atoms with Gasteiger partial charge in [0, 0.05) is 4.78 Å². The molecule has 15 heavy (non-hydrogen) atoms. The van der Waals surface area contributed by atoms with Crippen molar-refractivity contribution in [3.63, 3.8) is 0 Å². The summed E-state index contributed by atoms with van der Waals surface area (Å²) in [6, 6.07) is 4.19. The van der Waals surface area contributed by atoms with Crippen molar-refractivity contribution in [2.75, 3.05) is 0 Å². The lowest BCUT2D eigenvalue weighted by Crippen LogP contribution is -2.41. The fourth-order valence-electron chi connectivity index (χ4n) is 1.54. The first-order valence-electron chi connectivity index (χ1n) is 5.24. The van der Waals surface area contributed by atoms with Gasteiger partial charge in [0.05, 0.1) is 11.2 Å². The maximum absolute atomic E-state index is 5.95. The normalized spacial score (nSPS) is 23.3. The Morgan fingerprint density at radius 2 is 1.67 bits per heavy atom. The Morgan fingerprint density at radius 3 is 2.07 bits per heavy atom. The Kier molecular flexibility index (Phi) is 2.53. The van der Waals surface area contributed by atoms with Crippen LogP contribution in [0.1, 0.15) is 27.7 Å². The summed E-state index contributed by atoms with van der Waals surface area (Å²) >= 11 is 1.74. The molecule has 0 saturated carbocycles. The van der Waals surface area contributed by atoms with Crippen LogP contribution in [-0.4, -0.2) is 26.2 Å². The molecule has 2 heterocycles. The lowest BCUT2D eigenvalue weighted by atomic mass is 9.88. The van der Waals surface area contributed by atoms with Gasteiger partial charge in [0.2, 0.25) is 0 Å². The summed E-state index contributed by atoms with van der Waals surface area (Å²) in [7, 11) is 1.90. The topological polar surface area (TPSA) is 18.5 Å². The van der Waals surface area contributed by atoms with E-state index in [4.69, 9.17) is 9.31 Å². The van der Waals surface area contributed by atoms with Gasteiger partial charge in [-0.1, -0.05) is 12.1 Å². The van der Waals surface area contributed by atoms with Gasteiger partial charge in [-0.15, -0.1) is 0 Å². The van der Waals surface area contributed by atoms with E-state index in [0.29, 0.717) is 0 Å². The highest BCUT2D eigenvalue weighted by molar-refractivity contribution is 7.28. The van der Waals surface area contributed by atoms with Gasteiger partial charge in [-0.2, -0.15) is 11.3 Å². The molecule has 0 unspecified atom stereocenters. The minimum Gasteiger partial charge on any atom is -0.399 e. The van der Waals surface area contributed by atoms with Gasteiger partial charge in [-0.25, -0.2) is 0 Å². The second-order valence-electron chi connectivity index (χ2n) is 5.04. The van der Waals surface area contributed by atoms with E-state index in [1.807, 2.05) is 0 Å². The maximum Gasteiger partial charge on any atom is 0.505 e. The first-order chi connectivity index (χ1) is 6.82. The first-order valence-corrected chi connectivity index (χ1v) is 6.05. The molecule has 0 spiro atoms. The van der Waals surface area contributed by atoms with E-state index in [1.54, 1.807) is 11.3 Å². The van der Waals surface area contributed by atoms with Crippen LogP contribution in [0.15, 0.2) is 12.1 Å². The monoisotopic (exact) mass is 222 g/mol. The van der Waals surface area contributed by atoms with Crippen molar-refractivity contribution >= 4 is 35.9 Å². The SMILES string of the molecule is Bc1ccc(B2OC(C)(C)C(C)(C)O2)s1.